The molecule has 0 radical (unpaired) electrons. The molecule has 0 aromatic heterocycles. The molecular formula is C16H25NO. The van der Waals surface area contributed by atoms with Gasteiger partial charge in [-0.2, -0.15) is 0 Å². The Kier molecular flexibility index (Phi) is 4.41. The number of aryl methyl sites for hydroxylation is 2. The van der Waals surface area contributed by atoms with Crippen molar-refractivity contribution in [1.29, 1.82) is 0 Å². The first-order chi connectivity index (χ1) is 8.60. The minimum atomic E-state index is 0.422. The van der Waals surface area contributed by atoms with Crippen LogP contribution in [0.15, 0.2) is 18.2 Å². The third-order valence-electron chi connectivity index (χ3n) is 4.10. The maximum absolute atomic E-state index is 5.43. The molecule has 0 spiro atoms. The Bertz CT molecular complexity index is 402. The third-order valence-corrected chi connectivity index (χ3v) is 4.10. The molecule has 18 heavy (non-hydrogen) atoms. The summed E-state index contributed by atoms with van der Waals surface area (Å²) in [5.41, 5.74) is 4.14. The molecule has 1 N–H and O–H groups in total. The quantitative estimate of drug-likeness (QED) is 0.879. The van der Waals surface area contributed by atoms with Crippen molar-refractivity contribution >= 4 is 0 Å². The van der Waals surface area contributed by atoms with E-state index in [9.17, 15) is 0 Å². The molecule has 1 aliphatic carbocycles. The Morgan fingerprint density at radius 2 is 2.06 bits per heavy atom. The van der Waals surface area contributed by atoms with Gasteiger partial charge in [0.1, 0.15) is 0 Å². The lowest BCUT2D eigenvalue weighted by Crippen LogP contribution is -2.30. The second-order valence-corrected chi connectivity index (χ2v) is 5.62. The van der Waals surface area contributed by atoms with Gasteiger partial charge < -0.3 is 10.1 Å². The van der Waals surface area contributed by atoms with E-state index in [-0.39, 0.29) is 0 Å². The molecule has 100 valence electrons. The lowest BCUT2D eigenvalue weighted by atomic mass is 9.99. The molecule has 0 aliphatic heterocycles. The summed E-state index contributed by atoms with van der Waals surface area (Å²) >= 11 is 0. The minimum Gasteiger partial charge on any atom is -0.381 e. The van der Waals surface area contributed by atoms with Crippen LogP contribution < -0.4 is 5.32 Å². The van der Waals surface area contributed by atoms with Gasteiger partial charge in [0.05, 0.1) is 6.10 Å². The van der Waals surface area contributed by atoms with Crippen LogP contribution in [0.3, 0.4) is 0 Å². The van der Waals surface area contributed by atoms with E-state index in [0.29, 0.717) is 18.2 Å². The van der Waals surface area contributed by atoms with Crippen LogP contribution in [0.5, 0.6) is 0 Å². The van der Waals surface area contributed by atoms with E-state index in [4.69, 9.17) is 4.74 Å². The topological polar surface area (TPSA) is 21.3 Å². The second kappa shape index (κ2) is 5.85. The molecule has 1 aromatic carbocycles. The minimum absolute atomic E-state index is 0.422. The second-order valence-electron chi connectivity index (χ2n) is 5.62. The Labute approximate surface area is 111 Å². The largest absolute Gasteiger partial charge is 0.381 e. The summed E-state index contributed by atoms with van der Waals surface area (Å²) in [6.45, 7) is 6.61. The SMILES string of the molecule is COC1CCC(NC(C)c2ccc(C)cc2C)C1. The van der Waals surface area contributed by atoms with Crippen molar-refractivity contribution in [1.82, 2.24) is 5.32 Å². The van der Waals surface area contributed by atoms with Gasteiger partial charge in [0.25, 0.3) is 0 Å². The van der Waals surface area contributed by atoms with E-state index in [1.165, 1.54) is 29.5 Å². The number of hydrogen-bond acceptors (Lipinski definition) is 2. The number of ether oxygens (including phenoxy) is 1. The van der Waals surface area contributed by atoms with Crippen LogP contribution in [0.4, 0.5) is 0 Å². The lowest BCUT2D eigenvalue weighted by Gasteiger charge is -2.21. The van der Waals surface area contributed by atoms with E-state index < -0.39 is 0 Å². The first-order valence-electron chi connectivity index (χ1n) is 6.96. The average molecular weight is 247 g/mol. The summed E-state index contributed by atoms with van der Waals surface area (Å²) in [7, 11) is 1.82. The summed E-state index contributed by atoms with van der Waals surface area (Å²) in [6.07, 6.45) is 4.02. The molecule has 2 rings (SSSR count). The van der Waals surface area contributed by atoms with Gasteiger partial charge in [-0.3, -0.25) is 0 Å². The fraction of sp³-hybridized carbons (Fsp3) is 0.625. The van der Waals surface area contributed by atoms with Gasteiger partial charge in [-0.05, 0) is 51.2 Å². The highest BCUT2D eigenvalue weighted by Gasteiger charge is 2.25. The van der Waals surface area contributed by atoms with Crippen LogP contribution in [-0.4, -0.2) is 19.3 Å². The number of nitrogens with one attached hydrogen (secondary N) is 1. The zero-order chi connectivity index (χ0) is 13.1. The number of methoxy groups -OCH3 is 1. The molecule has 0 saturated heterocycles. The Hall–Kier alpha value is -0.860. The van der Waals surface area contributed by atoms with E-state index in [2.05, 4.69) is 44.3 Å². The molecule has 2 heteroatoms. The standard InChI is InChI=1S/C16H25NO/c1-11-5-8-16(12(2)9-11)13(3)17-14-6-7-15(10-14)18-4/h5,8-9,13-15,17H,6-7,10H2,1-4H3. The van der Waals surface area contributed by atoms with Crippen molar-refractivity contribution in [2.24, 2.45) is 0 Å². The van der Waals surface area contributed by atoms with Crippen molar-refractivity contribution in [3.05, 3.63) is 34.9 Å². The van der Waals surface area contributed by atoms with Crippen molar-refractivity contribution in [3.8, 4) is 0 Å². The van der Waals surface area contributed by atoms with Crippen LogP contribution >= 0.6 is 0 Å². The van der Waals surface area contributed by atoms with Gasteiger partial charge in [-0.15, -0.1) is 0 Å². The number of benzene rings is 1. The monoisotopic (exact) mass is 247 g/mol. The molecule has 3 unspecified atom stereocenters. The van der Waals surface area contributed by atoms with E-state index >= 15 is 0 Å². The van der Waals surface area contributed by atoms with Gasteiger partial charge >= 0.3 is 0 Å². The van der Waals surface area contributed by atoms with E-state index in [1.54, 1.807) is 0 Å². The van der Waals surface area contributed by atoms with Gasteiger partial charge in [0.15, 0.2) is 0 Å². The van der Waals surface area contributed by atoms with Gasteiger partial charge in [-0.25, -0.2) is 0 Å². The third kappa shape index (κ3) is 3.12. The summed E-state index contributed by atoms with van der Waals surface area (Å²) in [4.78, 5) is 0. The van der Waals surface area contributed by atoms with Crippen LogP contribution in [-0.2, 0) is 4.74 Å². The number of rotatable bonds is 4. The first-order valence-corrected chi connectivity index (χ1v) is 6.96. The van der Waals surface area contributed by atoms with Crippen LogP contribution in [0, 0.1) is 13.8 Å². The van der Waals surface area contributed by atoms with Gasteiger partial charge in [0, 0.05) is 19.2 Å². The number of hydrogen-bond donors (Lipinski definition) is 1. The van der Waals surface area contributed by atoms with E-state index in [1.807, 2.05) is 7.11 Å². The van der Waals surface area contributed by atoms with Crippen LogP contribution in [0.25, 0.3) is 0 Å². The van der Waals surface area contributed by atoms with Crippen molar-refractivity contribution in [3.63, 3.8) is 0 Å². The normalized spacial score (nSPS) is 25.3. The molecule has 1 aromatic rings. The fourth-order valence-corrected chi connectivity index (χ4v) is 3.06. The molecule has 2 nitrogen and oxygen atoms in total. The summed E-state index contributed by atoms with van der Waals surface area (Å²) < 4.78 is 5.43. The predicted octanol–water partition coefficient (Wildman–Crippen LogP) is 3.52. The Morgan fingerprint density at radius 1 is 1.28 bits per heavy atom. The average Bonchev–Trinajstić information content (AvgIpc) is 2.76. The van der Waals surface area contributed by atoms with Crippen LogP contribution in [0.2, 0.25) is 0 Å². The Morgan fingerprint density at radius 3 is 2.67 bits per heavy atom. The molecule has 0 amide bonds. The predicted molar refractivity (Wildman–Crippen MR) is 75.9 cm³/mol. The molecule has 1 fully saturated rings. The Balaban J connectivity index is 1.97. The molecule has 0 heterocycles. The zero-order valence-corrected chi connectivity index (χ0v) is 12.0. The van der Waals surface area contributed by atoms with Gasteiger partial charge in [0.2, 0.25) is 0 Å². The molecular weight excluding hydrogens is 222 g/mol. The maximum atomic E-state index is 5.43. The summed E-state index contributed by atoms with van der Waals surface area (Å²) in [5, 5.41) is 3.74. The molecule has 1 aliphatic rings. The van der Waals surface area contributed by atoms with Gasteiger partial charge in [-0.1, -0.05) is 23.8 Å². The fourth-order valence-electron chi connectivity index (χ4n) is 3.06. The highest BCUT2D eigenvalue weighted by atomic mass is 16.5. The molecule has 3 atom stereocenters. The zero-order valence-electron chi connectivity index (χ0n) is 12.0. The lowest BCUT2D eigenvalue weighted by molar-refractivity contribution is 0.106. The summed E-state index contributed by atoms with van der Waals surface area (Å²) in [6, 6.07) is 7.75. The maximum Gasteiger partial charge on any atom is 0.0586 e. The van der Waals surface area contributed by atoms with E-state index in [0.717, 1.165) is 6.42 Å². The highest BCUT2D eigenvalue weighted by Crippen LogP contribution is 2.25. The smallest absolute Gasteiger partial charge is 0.0586 e. The first kappa shape index (κ1) is 13.6. The van der Waals surface area contributed by atoms with Crippen LogP contribution in [0.1, 0.15) is 48.9 Å². The highest BCUT2D eigenvalue weighted by molar-refractivity contribution is 5.32. The summed E-state index contributed by atoms with van der Waals surface area (Å²) in [5.74, 6) is 0. The van der Waals surface area contributed by atoms with Crippen molar-refractivity contribution in [2.45, 2.75) is 58.2 Å². The molecule has 0 bridgehead atoms. The van der Waals surface area contributed by atoms with Crippen molar-refractivity contribution in [2.75, 3.05) is 7.11 Å². The van der Waals surface area contributed by atoms with Crippen molar-refractivity contribution < 1.29 is 4.74 Å². The molecule has 1 saturated carbocycles.